The van der Waals surface area contributed by atoms with Gasteiger partial charge in [-0.1, -0.05) is 12.1 Å². The molecule has 152 valence electrons. The highest BCUT2D eigenvalue weighted by atomic mass is 16.4. The van der Waals surface area contributed by atoms with Crippen molar-refractivity contribution in [3.63, 3.8) is 0 Å². The lowest BCUT2D eigenvalue weighted by atomic mass is 9.86. The summed E-state index contributed by atoms with van der Waals surface area (Å²) < 4.78 is 0. The van der Waals surface area contributed by atoms with Crippen LogP contribution >= 0.6 is 0 Å². The van der Waals surface area contributed by atoms with Crippen molar-refractivity contribution in [1.82, 2.24) is 24.7 Å². The van der Waals surface area contributed by atoms with Crippen molar-refractivity contribution in [3.8, 4) is 0 Å². The van der Waals surface area contributed by atoms with Crippen molar-refractivity contribution in [3.05, 3.63) is 30.1 Å². The average molecular weight is 386 g/mol. The molecule has 28 heavy (non-hydrogen) atoms. The van der Waals surface area contributed by atoms with Crippen LogP contribution in [0.1, 0.15) is 25.1 Å². The van der Waals surface area contributed by atoms with Crippen LogP contribution in [-0.2, 0) is 11.3 Å². The summed E-state index contributed by atoms with van der Waals surface area (Å²) in [6, 6.07) is 8.62. The molecule has 2 aliphatic heterocycles. The fourth-order valence-corrected chi connectivity index (χ4v) is 4.76. The maximum Gasteiger partial charge on any atom is 0.303 e. The molecule has 7 nitrogen and oxygen atoms in total. The van der Waals surface area contributed by atoms with Gasteiger partial charge >= 0.3 is 5.97 Å². The van der Waals surface area contributed by atoms with Gasteiger partial charge in [0.2, 0.25) is 0 Å². The van der Waals surface area contributed by atoms with Crippen molar-refractivity contribution in [1.29, 1.82) is 0 Å². The molecule has 2 saturated heterocycles. The van der Waals surface area contributed by atoms with E-state index in [4.69, 9.17) is 4.98 Å². The number of aliphatic carboxylic acids is 1. The van der Waals surface area contributed by atoms with Gasteiger partial charge in [0.1, 0.15) is 5.82 Å². The molecule has 4 rings (SSSR count). The molecule has 2 atom stereocenters. The van der Waals surface area contributed by atoms with Crippen LogP contribution in [0.25, 0.3) is 11.0 Å². The summed E-state index contributed by atoms with van der Waals surface area (Å²) in [5.41, 5.74) is 2.08. The molecule has 2 N–H and O–H groups in total. The van der Waals surface area contributed by atoms with Gasteiger partial charge in [-0.3, -0.25) is 14.6 Å². The van der Waals surface area contributed by atoms with E-state index in [0.29, 0.717) is 12.0 Å². The summed E-state index contributed by atoms with van der Waals surface area (Å²) in [7, 11) is 2.18. The molecule has 0 aliphatic carbocycles. The average Bonchev–Trinajstić information content (AvgIpc) is 3.09. The third-order valence-corrected chi connectivity index (χ3v) is 6.33. The van der Waals surface area contributed by atoms with Crippen molar-refractivity contribution in [2.75, 3.05) is 46.3 Å². The smallest absolute Gasteiger partial charge is 0.303 e. The second-order valence-electron chi connectivity index (χ2n) is 8.32. The van der Waals surface area contributed by atoms with Gasteiger partial charge in [0.25, 0.3) is 0 Å². The van der Waals surface area contributed by atoms with Crippen LogP contribution in [0.3, 0.4) is 0 Å². The van der Waals surface area contributed by atoms with Crippen LogP contribution in [0, 0.1) is 5.92 Å². The Kier molecular flexibility index (Phi) is 5.94. The molecule has 0 bridgehead atoms. The Morgan fingerprint density at radius 1 is 1.21 bits per heavy atom. The predicted octanol–water partition coefficient (Wildman–Crippen LogP) is 1.87. The predicted molar refractivity (Wildman–Crippen MR) is 109 cm³/mol. The van der Waals surface area contributed by atoms with Crippen molar-refractivity contribution < 1.29 is 9.90 Å². The van der Waals surface area contributed by atoms with E-state index in [-0.39, 0.29) is 6.42 Å². The summed E-state index contributed by atoms with van der Waals surface area (Å²) in [6.45, 7) is 7.17. The number of hydrogen-bond acceptors (Lipinski definition) is 5. The number of rotatable bonds is 6. The van der Waals surface area contributed by atoms with E-state index >= 15 is 0 Å². The molecular formula is C21H31N5O2. The van der Waals surface area contributed by atoms with Gasteiger partial charge in [0.05, 0.1) is 17.6 Å². The lowest BCUT2D eigenvalue weighted by molar-refractivity contribution is -0.137. The third-order valence-electron chi connectivity index (χ3n) is 6.33. The molecule has 0 spiro atoms. The quantitative estimate of drug-likeness (QED) is 0.791. The minimum Gasteiger partial charge on any atom is -0.481 e. The maximum absolute atomic E-state index is 11.2. The number of carboxylic acid groups (broad SMARTS) is 1. The number of hydrogen-bond donors (Lipinski definition) is 2. The number of carbonyl (C=O) groups is 1. The summed E-state index contributed by atoms with van der Waals surface area (Å²) in [4.78, 5) is 26.7. The van der Waals surface area contributed by atoms with E-state index in [1.165, 1.54) is 0 Å². The van der Waals surface area contributed by atoms with E-state index in [2.05, 4.69) is 32.8 Å². The van der Waals surface area contributed by atoms with Gasteiger partial charge in [-0.25, -0.2) is 4.98 Å². The largest absolute Gasteiger partial charge is 0.481 e. The number of aromatic nitrogens is 2. The second-order valence-corrected chi connectivity index (χ2v) is 8.32. The van der Waals surface area contributed by atoms with Crippen LogP contribution in [0.15, 0.2) is 24.3 Å². The molecule has 3 heterocycles. The fraction of sp³-hybridized carbons (Fsp3) is 0.619. The van der Waals surface area contributed by atoms with Crippen LogP contribution in [0.5, 0.6) is 0 Å². The zero-order valence-electron chi connectivity index (χ0n) is 16.7. The second kappa shape index (κ2) is 8.59. The first-order valence-electron chi connectivity index (χ1n) is 10.4. The zero-order chi connectivity index (χ0) is 19.5. The number of piperidine rings is 1. The molecule has 2 fully saturated rings. The SMILES string of the molecule is CN1CCN([C@H]2CCN(Cc3nc4ccccc4[nH]3)C[C@H]2CCC(=O)O)CC1. The lowest BCUT2D eigenvalue weighted by Gasteiger charge is -2.46. The van der Waals surface area contributed by atoms with E-state index in [0.717, 1.165) is 75.5 Å². The summed E-state index contributed by atoms with van der Waals surface area (Å²) in [5, 5.41) is 9.21. The molecule has 2 aromatic rings. The van der Waals surface area contributed by atoms with Crippen LogP contribution < -0.4 is 0 Å². The van der Waals surface area contributed by atoms with Gasteiger partial charge < -0.3 is 15.0 Å². The van der Waals surface area contributed by atoms with Crippen molar-refractivity contribution in [2.24, 2.45) is 5.92 Å². The van der Waals surface area contributed by atoms with E-state index in [9.17, 15) is 9.90 Å². The minimum atomic E-state index is -0.688. The number of likely N-dealkylation sites (N-methyl/N-ethyl adjacent to an activating group) is 1. The minimum absolute atomic E-state index is 0.257. The number of para-hydroxylation sites is 2. The third kappa shape index (κ3) is 4.54. The Morgan fingerprint density at radius 2 is 2.00 bits per heavy atom. The van der Waals surface area contributed by atoms with Gasteiger partial charge in [-0.15, -0.1) is 0 Å². The Balaban J connectivity index is 1.42. The van der Waals surface area contributed by atoms with Gasteiger partial charge in [-0.05, 0) is 37.9 Å². The number of imidazole rings is 1. The Hall–Kier alpha value is -1.96. The Labute approximate surface area is 166 Å². The molecule has 2 aliphatic rings. The number of H-pyrrole nitrogens is 1. The molecule has 0 radical (unpaired) electrons. The molecule has 7 heteroatoms. The first-order chi connectivity index (χ1) is 13.6. The monoisotopic (exact) mass is 385 g/mol. The molecule has 1 aromatic heterocycles. The van der Waals surface area contributed by atoms with Crippen molar-refractivity contribution >= 4 is 17.0 Å². The van der Waals surface area contributed by atoms with E-state index in [1.54, 1.807) is 0 Å². The number of piperazine rings is 1. The molecule has 0 amide bonds. The first-order valence-corrected chi connectivity index (χ1v) is 10.4. The van der Waals surface area contributed by atoms with Crippen LogP contribution in [0.2, 0.25) is 0 Å². The molecular weight excluding hydrogens is 354 g/mol. The van der Waals surface area contributed by atoms with Gasteiger partial charge in [0.15, 0.2) is 0 Å². The highest BCUT2D eigenvalue weighted by molar-refractivity contribution is 5.74. The number of aromatic amines is 1. The van der Waals surface area contributed by atoms with Crippen LogP contribution in [0.4, 0.5) is 0 Å². The summed E-state index contributed by atoms with van der Waals surface area (Å²) in [6.07, 6.45) is 2.12. The highest BCUT2D eigenvalue weighted by Gasteiger charge is 2.34. The summed E-state index contributed by atoms with van der Waals surface area (Å²) >= 11 is 0. The number of nitrogens with one attached hydrogen (secondary N) is 1. The first kappa shape index (κ1) is 19.4. The van der Waals surface area contributed by atoms with Gasteiger partial charge in [-0.2, -0.15) is 0 Å². The molecule has 0 unspecified atom stereocenters. The van der Waals surface area contributed by atoms with E-state index < -0.39 is 5.97 Å². The Bertz CT molecular complexity index is 766. The maximum atomic E-state index is 11.2. The Morgan fingerprint density at radius 3 is 2.75 bits per heavy atom. The number of fused-ring (bicyclic) bond motifs is 1. The van der Waals surface area contributed by atoms with E-state index in [1.807, 2.05) is 18.2 Å². The number of benzene rings is 1. The normalized spacial score (nSPS) is 25.3. The highest BCUT2D eigenvalue weighted by Crippen LogP contribution is 2.28. The zero-order valence-corrected chi connectivity index (χ0v) is 16.7. The number of carboxylic acids is 1. The fourth-order valence-electron chi connectivity index (χ4n) is 4.76. The number of nitrogens with zero attached hydrogens (tertiary/aromatic N) is 4. The topological polar surface area (TPSA) is 75.7 Å². The number of likely N-dealkylation sites (tertiary alicyclic amines) is 1. The lowest BCUT2D eigenvalue weighted by Crippen LogP contribution is -2.56. The molecule has 0 saturated carbocycles. The summed E-state index contributed by atoms with van der Waals surface area (Å²) in [5.74, 6) is 0.709. The standard InChI is InChI=1S/C21H31N5O2/c1-24-10-12-26(13-11-24)19-8-9-25(14-16(19)6-7-21(27)28)15-20-22-17-4-2-3-5-18(17)23-20/h2-5,16,19H,6-15H2,1H3,(H,22,23)(H,27,28)/t16-,19+/m1/s1. The van der Waals surface area contributed by atoms with Crippen molar-refractivity contribution in [2.45, 2.75) is 31.8 Å². The van der Waals surface area contributed by atoms with Gasteiger partial charge in [0, 0.05) is 51.7 Å². The molecule has 1 aromatic carbocycles. The van der Waals surface area contributed by atoms with Crippen LogP contribution in [-0.4, -0.2) is 88.1 Å².